The molecule has 1 aliphatic rings. The van der Waals surface area contributed by atoms with Crippen molar-refractivity contribution >= 4 is 17.7 Å². The van der Waals surface area contributed by atoms with Gasteiger partial charge in [0.1, 0.15) is 17.5 Å². The standard InChI is InChI=1S/C27H35N3O5/c1-5-29(6-2)27(33)24(28-25(31)20-7-11-22(34-3)12-8-20)19-15-17-30(18-16-19)26(32)21-9-13-23(35-4)14-10-21/h7-14,19,24H,5-6,15-18H2,1-4H3,(H,28,31)/t24-/m0/s1. The monoisotopic (exact) mass is 481 g/mol. The highest BCUT2D eigenvalue weighted by Crippen LogP contribution is 2.25. The first-order chi connectivity index (χ1) is 16.9. The fourth-order valence-corrected chi connectivity index (χ4v) is 4.43. The summed E-state index contributed by atoms with van der Waals surface area (Å²) in [5.74, 6) is 0.869. The van der Waals surface area contributed by atoms with Gasteiger partial charge in [0.15, 0.2) is 0 Å². The summed E-state index contributed by atoms with van der Waals surface area (Å²) >= 11 is 0. The number of likely N-dealkylation sites (N-methyl/N-ethyl adjacent to an activating group) is 1. The topological polar surface area (TPSA) is 88.2 Å². The molecule has 1 aliphatic heterocycles. The van der Waals surface area contributed by atoms with Crippen LogP contribution in [0, 0.1) is 5.92 Å². The Morgan fingerprint density at radius 2 is 1.37 bits per heavy atom. The Morgan fingerprint density at radius 1 is 0.886 bits per heavy atom. The second-order valence-electron chi connectivity index (χ2n) is 8.55. The van der Waals surface area contributed by atoms with E-state index < -0.39 is 6.04 Å². The van der Waals surface area contributed by atoms with E-state index in [1.54, 1.807) is 67.7 Å². The van der Waals surface area contributed by atoms with Crippen LogP contribution in [-0.4, -0.2) is 74.0 Å². The number of nitrogens with one attached hydrogen (secondary N) is 1. The Labute approximate surface area is 207 Å². The highest BCUT2D eigenvalue weighted by Gasteiger charge is 2.35. The van der Waals surface area contributed by atoms with Gasteiger partial charge in [-0.3, -0.25) is 14.4 Å². The highest BCUT2D eigenvalue weighted by molar-refractivity contribution is 5.98. The molecule has 2 aromatic carbocycles. The molecule has 3 rings (SSSR count). The summed E-state index contributed by atoms with van der Waals surface area (Å²) in [6.07, 6.45) is 1.25. The van der Waals surface area contributed by atoms with E-state index in [2.05, 4.69) is 5.32 Å². The van der Waals surface area contributed by atoms with E-state index in [9.17, 15) is 14.4 Å². The fourth-order valence-electron chi connectivity index (χ4n) is 4.43. The summed E-state index contributed by atoms with van der Waals surface area (Å²) < 4.78 is 10.3. The molecule has 35 heavy (non-hydrogen) atoms. The molecule has 0 aliphatic carbocycles. The summed E-state index contributed by atoms with van der Waals surface area (Å²) in [6, 6.07) is 13.2. The van der Waals surface area contributed by atoms with E-state index in [0.29, 0.717) is 61.6 Å². The largest absolute Gasteiger partial charge is 0.497 e. The number of ether oxygens (including phenoxy) is 2. The van der Waals surface area contributed by atoms with Crippen LogP contribution in [0.15, 0.2) is 48.5 Å². The number of amides is 3. The van der Waals surface area contributed by atoms with Gasteiger partial charge in [-0.15, -0.1) is 0 Å². The molecule has 1 N–H and O–H groups in total. The number of carbonyl (C=O) groups excluding carboxylic acids is 3. The molecule has 3 amide bonds. The summed E-state index contributed by atoms with van der Waals surface area (Å²) in [5, 5.41) is 2.99. The van der Waals surface area contributed by atoms with Crippen molar-refractivity contribution < 1.29 is 23.9 Å². The van der Waals surface area contributed by atoms with Gasteiger partial charge in [-0.1, -0.05) is 0 Å². The van der Waals surface area contributed by atoms with Crippen LogP contribution in [0.5, 0.6) is 11.5 Å². The van der Waals surface area contributed by atoms with Gasteiger partial charge in [0.05, 0.1) is 14.2 Å². The van der Waals surface area contributed by atoms with E-state index in [0.717, 1.165) is 0 Å². The van der Waals surface area contributed by atoms with Crippen molar-refractivity contribution in [3.63, 3.8) is 0 Å². The third-order valence-electron chi connectivity index (χ3n) is 6.62. The molecule has 188 valence electrons. The van der Waals surface area contributed by atoms with Gasteiger partial charge in [0, 0.05) is 37.3 Å². The molecular weight excluding hydrogens is 446 g/mol. The van der Waals surface area contributed by atoms with Gasteiger partial charge >= 0.3 is 0 Å². The average molecular weight is 482 g/mol. The molecule has 0 saturated carbocycles. The molecule has 1 heterocycles. The minimum absolute atomic E-state index is 0.0417. The van der Waals surface area contributed by atoms with Crippen LogP contribution in [0.3, 0.4) is 0 Å². The van der Waals surface area contributed by atoms with Crippen LogP contribution in [-0.2, 0) is 4.79 Å². The SMILES string of the molecule is CCN(CC)C(=O)[C@@H](NC(=O)c1ccc(OC)cc1)C1CCN(C(=O)c2ccc(OC)cc2)CC1. The third-order valence-corrected chi connectivity index (χ3v) is 6.62. The smallest absolute Gasteiger partial charge is 0.253 e. The van der Waals surface area contributed by atoms with E-state index in [4.69, 9.17) is 9.47 Å². The number of hydrogen-bond acceptors (Lipinski definition) is 5. The Balaban J connectivity index is 1.71. The lowest BCUT2D eigenvalue weighted by molar-refractivity contribution is -0.134. The van der Waals surface area contributed by atoms with Gasteiger partial charge in [0.2, 0.25) is 5.91 Å². The lowest BCUT2D eigenvalue weighted by atomic mass is 9.87. The van der Waals surface area contributed by atoms with Crippen LogP contribution in [0.4, 0.5) is 0 Å². The number of rotatable bonds is 9. The van der Waals surface area contributed by atoms with Gasteiger partial charge in [0.25, 0.3) is 11.8 Å². The van der Waals surface area contributed by atoms with Crippen molar-refractivity contribution in [1.29, 1.82) is 0 Å². The molecule has 0 spiro atoms. The predicted molar refractivity (Wildman–Crippen MR) is 134 cm³/mol. The maximum absolute atomic E-state index is 13.4. The van der Waals surface area contributed by atoms with E-state index in [1.165, 1.54) is 0 Å². The van der Waals surface area contributed by atoms with E-state index >= 15 is 0 Å². The van der Waals surface area contributed by atoms with Crippen LogP contribution in [0.2, 0.25) is 0 Å². The molecule has 1 saturated heterocycles. The number of piperidine rings is 1. The summed E-state index contributed by atoms with van der Waals surface area (Å²) in [5.41, 5.74) is 1.07. The average Bonchev–Trinajstić information content (AvgIpc) is 2.92. The van der Waals surface area contributed by atoms with Crippen LogP contribution in [0.25, 0.3) is 0 Å². The first-order valence-electron chi connectivity index (χ1n) is 12.1. The number of methoxy groups -OCH3 is 2. The zero-order valence-electron chi connectivity index (χ0n) is 21.0. The number of benzene rings is 2. The third kappa shape index (κ3) is 6.32. The van der Waals surface area contributed by atoms with Crippen LogP contribution < -0.4 is 14.8 Å². The van der Waals surface area contributed by atoms with Crippen LogP contribution >= 0.6 is 0 Å². The normalized spacial score (nSPS) is 14.7. The minimum atomic E-state index is -0.650. The maximum Gasteiger partial charge on any atom is 0.253 e. The lowest BCUT2D eigenvalue weighted by Gasteiger charge is -2.37. The quantitative estimate of drug-likeness (QED) is 0.594. The number of likely N-dealkylation sites (tertiary alicyclic amines) is 1. The lowest BCUT2D eigenvalue weighted by Crippen LogP contribution is -2.54. The fraction of sp³-hybridized carbons (Fsp3) is 0.444. The number of nitrogens with zero attached hydrogens (tertiary/aromatic N) is 2. The van der Waals surface area contributed by atoms with E-state index in [-0.39, 0.29) is 23.6 Å². The van der Waals surface area contributed by atoms with Gasteiger partial charge in [-0.05, 0) is 81.1 Å². The Kier molecular flexibility index (Phi) is 9.11. The summed E-state index contributed by atoms with van der Waals surface area (Å²) in [4.78, 5) is 42.9. The predicted octanol–water partition coefficient (Wildman–Crippen LogP) is 3.22. The van der Waals surface area contributed by atoms with E-state index in [1.807, 2.05) is 18.7 Å². The molecule has 1 fully saturated rings. The van der Waals surface area contributed by atoms with Crippen molar-refractivity contribution in [3.05, 3.63) is 59.7 Å². The molecule has 1 atom stereocenters. The Bertz CT molecular complexity index is 994. The maximum atomic E-state index is 13.4. The van der Waals surface area contributed by atoms with Crippen molar-refractivity contribution in [1.82, 2.24) is 15.1 Å². The Hall–Kier alpha value is -3.55. The first kappa shape index (κ1) is 26.1. The summed E-state index contributed by atoms with van der Waals surface area (Å²) in [7, 11) is 3.16. The van der Waals surface area contributed by atoms with Crippen molar-refractivity contribution in [2.45, 2.75) is 32.7 Å². The van der Waals surface area contributed by atoms with Gasteiger partial charge in [-0.25, -0.2) is 0 Å². The highest BCUT2D eigenvalue weighted by atomic mass is 16.5. The molecule has 8 nitrogen and oxygen atoms in total. The molecular formula is C27H35N3O5. The van der Waals surface area contributed by atoms with Crippen LogP contribution in [0.1, 0.15) is 47.4 Å². The Morgan fingerprint density at radius 3 is 1.83 bits per heavy atom. The number of carbonyl (C=O) groups is 3. The molecule has 0 radical (unpaired) electrons. The first-order valence-corrected chi connectivity index (χ1v) is 12.1. The van der Waals surface area contributed by atoms with Crippen molar-refractivity contribution in [2.24, 2.45) is 5.92 Å². The zero-order chi connectivity index (χ0) is 25.4. The molecule has 8 heteroatoms. The minimum Gasteiger partial charge on any atom is -0.497 e. The summed E-state index contributed by atoms with van der Waals surface area (Å²) in [6.45, 7) is 6.05. The second-order valence-corrected chi connectivity index (χ2v) is 8.55. The van der Waals surface area contributed by atoms with Gasteiger partial charge < -0.3 is 24.6 Å². The zero-order valence-corrected chi connectivity index (χ0v) is 21.0. The second kappa shape index (κ2) is 12.2. The number of hydrogen-bond donors (Lipinski definition) is 1. The molecule has 0 unspecified atom stereocenters. The molecule has 0 aromatic heterocycles. The van der Waals surface area contributed by atoms with Crippen molar-refractivity contribution in [3.8, 4) is 11.5 Å². The van der Waals surface area contributed by atoms with Gasteiger partial charge in [-0.2, -0.15) is 0 Å². The molecule has 0 bridgehead atoms. The van der Waals surface area contributed by atoms with Crippen molar-refractivity contribution in [2.75, 3.05) is 40.4 Å². The molecule has 2 aromatic rings.